The van der Waals surface area contributed by atoms with E-state index in [-0.39, 0.29) is 32.1 Å². The molecule has 0 bridgehead atoms. The molecule has 0 saturated carbocycles. The number of ether oxygens (including phenoxy) is 1. The van der Waals surface area contributed by atoms with Crippen LogP contribution in [0.1, 0.15) is 181 Å². The lowest BCUT2D eigenvalue weighted by Crippen LogP contribution is -2.27. The standard InChI is InChI=1S/C53H88NO8P/c1-3-5-7-9-11-13-15-17-19-21-23-24-25-26-28-29-31-33-35-37-39-41-43-45-52(56)54-47-48-61-63(58,59)62-50-51(55)49-60-53(57)46-44-42-40-38-36-34-32-30-27-22-20-18-16-14-12-10-8-6-4-2/h6,8,11-14,17-20,23-24,27,30,34,36,40,42,51,55H,3-5,7,9-10,15-16,21-22,25-26,28-29,31-33,35,37-39,41,43-50H2,1-2H3,(H,54,56)(H,58,59)/b8-6-,13-11-,14-12-,19-17-,20-18-,24-23-,30-27-,36-34-,42-40-. The van der Waals surface area contributed by atoms with E-state index in [1.54, 1.807) is 0 Å². The average Bonchev–Trinajstić information content (AvgIpc) is 3.27. The van der Waals surface area contributed by atoms with Gasteiger partial charge in [-0.25, -0.2) is 4.57 Å². The Morgan fingerprint density at radius 1 is 0.508 bits per heavy atom. The first-order chi connectivity index (χ1) is 30.8. The normalized spacial score (nSPS) is 14.2. The van der Waals surface area contributed by atoms with Crippen molar-refractivity contribution in [1.82, 2.24) is 5.32 Å². The number of amides is 1. The van der Waals surface area contributed by atoms with E-state index in [9.17, 15) is 24.2 Å². The third-order valence-electron chi connectivity index (χ3n) is 9.70. The molecule has 0 spiro atoms. The van der Waals surface area contributed by atoms with Gasteiger partial charge in [0.25, 0.3) is 0 Å². The molecule has 0 aromatic heterocycles. The van der Waals surface area contributed by atoms with E-state index in [0.29, 0.717) is 12.8 Å². The van der Waals surface area contributed by atoms with E-state index in [2.05, 4.69) is 116 Å². The van der Waals surface area contributed by atoms with Gasteiger partial charge >= 0.3 is 13.8 Å². The molecular weight excluding hydrogens is 810 g/mol. The first-order valence-electron chi connectivity index (χ1n) is 24.4. The number of nitrogens with one attached hydrogen (secondary N) is 1. The molecule has 0 fully saturated rings. The summed E-state index contributed by atoms with van der Waals surface area (Å²) in [5, 5.41) is 12.7. The number of phosphoric acid groups is 1. The van der Waals surface area contributed by atoms with Gasteiger partial charge < -0.3 is 20.1 Å². The van der Waals surface area contributed by atoms with Crippen molar-refractivity contribution in [3.63, 3.8) is 0 Å². The summed E-state index contributed by atoms with van der Waals surface area (Å²) < 4.78 is 26.9. The van der Waals surface area contributed by atoms with Gasteiger partial charge in [0.2, 0.25) is 5.91 Å². The maximum atomic E-state index is 12.1. The summed E-state index contributed by atoms with van der Waals surface area (Å²) in [7, 11) is -4.45. The Kier molecular flexibility index (Phi) is 45.6. The lowest BCUT2D eigenvalue weighted by Gasteiger charge is -2.15. The lowest BCUT2D eigenvalue weighted by atomic mass is 10.0. The van der Waals surface area contributed by atoms with Crippen LogP contribution >= 0.6 is 7.82 Å². The number of carbonyl (C=O) groups is 2. The van der Waals surface area contributed by atoms with E-state index >= 15 is 0 Å². The Morgan fingerprint density at radius 2 is 0.921 bits per heavy atom. The topological polar surface area (TPSA) is 131 Å². The minimum atomic E-state index is -4.45. The minimum absolute atomic E-state index is 0.0642. The third-order valence-corrected chi connectivity index (χ3v) is 10.7. The maximum Gasteiger partial charge on any atom is 0.472 e. The van der Waals surface area contributed by atoms with Crippen molar-refractivity contribution >= 4 is 19.7 Å². The van der Waals surface area contributed by atoms with Gasteiger partial charge in [0.05, 0.1) is 13.2 Å². The highest BCUT2D eigenvalue weighted by Crippen LogP contribution is 2.42. The monoisotopic (exact) mass is 898 g/mol. The van der Waals surface area contributed by atoms with Gasteiger partial charge in [-0.05, 0) is 89.9 Å². The van der Waals surface area contributed by atoms with Gasteiger partial charge in [-0.3, -0.25) is 18.6 Å². The zero-order valence-electron chi connectivity index (χ0n) is 39.5. The van der Waals surface area contributed by atoms with Crippen LogP contribution in [0.25, 0.3) is 0 Å². The average molecular weight is 898 g/mol. The summed E-state index contributed by atoms with van der Waals surface area (Å²) in [6, 6.07) is 0. The van der Waals surface area contributed by atoms with E-state index in [1.165, 1.54) is 77.0 Å². The van der Waals surface area contributed by atoms with Crippen molar-refractivity contribution in [1.29, 1.82) is 0 Å². The number of esters is 1. The molecule has 2 unspecified atom stereocenters. The first-order valence-corrected chi connectivity index (χ1v) is 25.9. The molecule has 0 heterocycles. The molecule has 358 valence electrons. The van der Waals surface area contributed by atoms with E-state index in [0.717, 1.165) is 70.6 Å². The number of hydrogen-bond donors (Lipinski definition) is 3. The Morgan fingerprint density at radius 3 is 1.40 bits per heavy atom. The predicted octanol–water partition coefficient (Wildman–Crippen LogP) is 14.3. The van der Waals surface area contributed by atoms with Gasteiger partial charge in [0.15, 0.2) is 0 Å². The summed E-state index contributed by atoms with van der Waals surface area (Å²) in [5.41, 5.74) is 0. The molecule has 9 nitrogen and oxygen atoms in total. The molecule has 0 aliphatic carbocycles. The van der Waals surface area contributed by atoms with E-state index in [1.807, 2.05) is 12.2 Å². The van der Waals surface area contributed by atoms with Gasteiger partial charge in [0, 0.05) is 19.4 Å². The van der Waals surface area contributed by atoms with Gasteiger partial charge in [0.1, 0.15) is 12.7 Å². The highest BCUT2D eigenvalue weighted by Gasteiger charge is 2.23. The second-order valence-electron chi connectivity index (χ2n) is 15.7. The zero-order valence-corrected chi connectivity index (χ0v) is 40.4. The van der Waals surface area contributed by atoms with Gasteiger partial charge in [-0.15, -0.1) is 0 Å². The molecule has 63 heavy (non-hydrogen) atoms. The van der Waals surface area contributed by atoms with Crippen molar-refractivity contribution in [2.45, 2.75) is 187 Å². The highest BCUT2D eigenvalue weighted by molar-refractivity contribution is 7.47. The fourth-order valence-electron chi connectivity index (χ4n) is 6.06. The Balaban J connectivity index is 3.69. The molecule has 0 aliphatic rings. The van der Waals surface area contributed by atoms with E-state index < -0.39 is 26.5 Å². The van der Waals surface area contributed by atoms with Crippen LogP contribution in [-0.4, -0.2) is 54.3 Å². The van der Waals surface area contributed by atoms with Crippen LogP contribution in [0.15, 0.2) is 109 Å². The number of phosphoric ester groups is 1. The van der Waals surface area contributed by atoms with Crippen molar-refractivity contribution in [2.75, 3.05) is 26.4 Å². The second-order valence-corrected chi connectivity index (χ2v) is 17.1. The van der Waals surface area contributed by atoms with Crippen molar-refractivity contribution in [3.8, 4) is 0 Å². The Hall–Kier alpha value is -3.33. The summed E-state index contributed by atoms with van der Waals surface area (Å²) in [6.07, 6.45) is 64.6. The van der Waals surface area contributed by atoms with Gasteiger partial charge in [-0.1, -0.05) is 187 Å². The number of unbranched alkanes of at least 4 members (excludes halogenated alkanes) is 13. The quantitative estimate of drug-likeness (QED) is 0.0238. The van der Waals surface area contributed by atoms with Crippen LogP contribution in [0.3, 0.4) is 0 Å². The SMILES string of the molecule is CC/C=C\C/C=C\C/C=C\C/C=C\C/C=C\C/C=C\CCC(=O)OCC(O)COP(=O)(O)OCCNC(=O)CCCCCCCCCCCC/C=C\C/C=C\C/C=C\CCCCC. The number of hydrogen-bond acceptors (Lipinski definition) is 7. The van der Waals surface area contributed by atoms with Crippen molar-refractivity contribution < 1.29 is 37.9 Å². The fraction of sp³-hybridized carbons (Fsp3) is 0.623. The number of rotatable bonds is 44. The van der Waals surface area contributed by atoms with E-state index in [4.69, 9.17) is 13.8 Å². The Labute approximate surface area is 384 Å². The summed E-state index contributed by atoms with van der Waals surface area (Å²) in [6.45, 7) is 3.31. The molecule has 0 aromatic carbocycles. The molecule has 0 aliphatic heterocycles. The summed E-state index contributed by atoms with van der Waals surface area (Å²) in [4.78, 5) is 34.0. The summed E-state index contributed by atoms with van der Waals surface area (Å²) in [5.74, 6) is -0.614. The highest BCUT2D eigenvalue weighted by atomic mass is 31.2. The van der Waals surface area contributed by atoms with Crippen LogP contribution in [0.2, 0.25) is 0 Å². The van der Waals surface area contributed by atoms with Crippen molar-refractivity contribution in [3.05, 3.63) is 109 Å². The van der Waals surface area contributed by atoms with Crippen LogP contribution in [0.5, 0.6) is 0 Å². The summed E-state index contributed by atoms with van der Waals surface area (Å²) >= 11 is 0. The molecule has 0 aromatic rings. The zero-order chi connectivity index (χ0) is 46.0. The molecule has 0 rings (SSSR count). The molecule has 1 amide bonds. The van der Waals surface area contributed by atoms with Crippen LogP contribution in [-0.2, 0) is 27.9 Å². The largest absolute Gasteiger partial charge is 0.472 e. The molecule has 2 atom stereocenters. The molecule has 0 radical (unpaired) electrons. The van der Waals surface area contributed by atoms with Gasteiger partial charge in [-0.2, -0.15) is 0 Å². The predicted molar refractivity (Wildman–Crippen MR) is 265 cm³/mol. The van der Waals surface area contributed by atoms with Crippen LogP contribution < -0.4 is 5.32 Å². The van der Waals surface area contributed by atoms with Crippen LogP contribution in [0, 0.1) is 0 Å². The van der Waals surface area contributed by atoms with Crippen LogP contribution in [0.4, 0.5) is 0 Å². The number of aliphatic hydroxyl groups is 1. The smallest absolute Gasteiger partial charge is 0.463 e. The fourth-order valence-corrected chi connectivity index (χ4v) is 6.82. The molecule has 10 heteroatoms. The molecule has 3 N–H and O–H groups in total. The number of carbonyl (C=O) groups excluding carboxylic acids is 2. The molecule has 0 saturated heterocycles. The minimum Gasteiger partial charge on any atom is -0.463 e. The number of aliphatic hydroxyl groups excluding tert-OH is 1. The van der Waals surface area contributed by atoms with Crippen molar-refractivity contribution in [2.24, 2.45) is 0 Å². The molecular formula is C53H88NO8P. The second kappa shape index (κ2) is 48.1. The lowest BCUT2D eigenvalue weighted by molar-refractivity contribution is -0.147. The Bertz CT molecular complexity index is 1390. The maximum absolute atomic E-state index is 12.1. The first kappa shape index (κ1) is 59.7. The third kappa shape index (κ3) is 49.5. The number of allylic oxidation sites excluding steroid dienone is 18.